The van der Waals surface area contributed by atoms with E-state index in [1.807, 2.05) is 6.92 Å². The summed E-state index contributed by atoms with van der Waals surface area (Å²) >= 11 is 0. The summed E-state index contributed by atoms with van der Waals surface area (Å²) in [6.45, 7) is 3.65. The highest BCUT2D eigenvalue weighted by molar-refractivity contribution is 7.89. The molecule has 7 heteroatoms. The Labute approximate surface area is 100 Å². The van der Waals surface area contributed by atoms with Crippen LogP contribution >= 0.6 is 0 Å². The molecule has 0 spiro atoms. The van der Waals surface area contributed by atoms with Crippen molar-refractivity contribution in [1.29, 1.82) is 0 Å². The molecule has 0 saturated carbocycles. The molecule has 1 heterocycles. The average molecular weight is 260 g/mol. The molecule has 0 fully saturated rings. The standard InChI is InChI=1S/C10H16N2O4S/c1-4-7(2)12-17(14,15)8-5-9(11-6-8)10(13)16-3/h5-7,11-12H,4H2,1-3H3/t7-/m0/s1. The lowest BCUT2D eigenvalue weighted by Crippen LogP contribution is -2.31. The van der Waals surface area contributed by atoms with Crippen molar-refractivity contribution in [3.05, 3.63) is 18.0 Å². The third-order valence-corrected chi connectivity index (χ3v) is 3.91. The zero-order valence-corrected chi connectivity index (χ0v) is 10.8. The lowest BCUT2D eigenvalue weighted by molar-refractivity contribution is 0.0595. The van der Waals surface area contributed by atoms with E-state index in [1.165, 1.54) is 19.4 Å². The van der Waals surface area contributed by atoms with E-state index in [4.69, 9.17) is 0 Å². The van der Waals surface area contributed by atoms with Gasteiger partial charge in [-0.15, -0.1) is 0 Å². The summed E-state index contributed by atoms with van der Waals surface area (Å²) in [5, 5.41) is 0. The van der Waals surface area contributed by atoms with Gasteiger partial charge in [-0.25, -0.2) is 17.9 Å². The Morgan fingerprint density at radius 3 is 2.76 bits per heavy atom. The van der Waals surface area contributed by atoms with Crippen LogP contribution < -0.4 is 4.72 Å². The van der Waals surface area contributed by atoms with Crippen molar-refractivity contribution in [2.45, 2.75) is 31.2 Å². The zero-order chi connectivity index (χ0) is 13.1. The van der Waals surface area contributed by atoms with Gasteiger partial charge in [0.15, 0.2) is 0 Å². The van der Waals surface area contributed by atoms with Gasteiger partial charge < -0.3 is 9.72 Å². The summed E-state index contributed by atoms with van der Waals surface area (Å²) in [5.74, 6) is -0.602. The molecule has 1 aromatic rings. The van der Waals surface area contributed by atoms with Crippen LogP contribution in [0.4, 0.5) is 0 Å². The number of hydrogen-bond acceptors (Lipinski definition) is 4. The molecule has 2 N–H and O–H groups in total. The molecular formula is C10H16N2O4S. The number of aromatic nitrogens is 1. The van der Waals surface area contributed by atoms with Gasteiger partial charge in [0.05, 0.1) is 7.11 Å². The van der Waals surface area contributed by atoms with Gasteiger partial charge in [0.1, 0.15) is 10.6 Å². The Morgan fingerprint density at radius 1 is 1.59 bits per heavy atom. The zero-order valence-electron chi connectivity index (χ0n) is 9.98. The highest BCUT2D eigenvalue weighted by Gasteiger charge is 2.20. The van der Waals surface area contributed by atoms with E-state index in [1.54, 1.807) is 6.92 Å². The van der Waals surface area contributed by atoms with E-state index >= 15 is 0 Å². The monoisotopic (exact) mass is 260 g/mol. The topological polar surface area (TPSA) is 88.3 Å². The number of methoxy groups -OCH3 is 1. The first-order chi connectivity index (χ1) is 7.90. The van der Waals surface area contributed by atoms with Gasteiger partial charge in [-0.1, -0.05) is 6.92 Å². The number of sulfonamides is 1. The molecule has 0 amide bonds. The van der Waals surface area contributed by atoms with Gasteiger partial charge in [-0.05, 0) is 19.4 Å². The Morgan fingerprint density at radius 2 is 2.24 bits per heavy atom. The van der Waals surface area contributed by atoms with Crippen LogP contribution in [0.3, 0.4) is 0 Å². The maximum atomic E-state index is 11.8. The van der Waals surface area contributed by atoms with Crippen molar-refractivity contribution in [2.24, 2.45) is 0 Å². The number of esters is 1. The number of aromatic amines is 1. The minimum Gasteiger partial charge on any atom is -0.464 e. The summed E-state index contributed by atoms with van der Waals surface area (Å²) in [4.78, 5) is 13.7. The van der Waals surface area contributed by atoms with Gasteiger partial charge in [-0.3, -0.25) is 0 Å². The minimum atomic E-state index is -3.58. The molecule has 0 aliphatic rings. The summed E-state index contributed by atoms with van der Waals surface area (Å²) in [5.41, 5.74) is 0.108. The molecule has 0 aliphatic carbocycles. The first-order valence-corrected chi connectivity index (χ1v) is 6.68. The van der Waals surface area contributed by atoms with E-state index in [0.29, 0.717) is 6.42 Å². The number of H-pyrrole nitrogens is 1. The van der Waals surface area contributed by atoms with Crippen LogP contribution in [0.2, 0.25) is 0 Å². The lowest BCUT2D eigenvalue weighted by atomic mass is 10.3. The van der Waals surface area contributed by atoms with E-state index in [9.17, 15) is 13.2 Å². The van der Waals surface area contributed by atoms with E-state index in [0.717, 1.165) is 0 Å². The maximum Gasteiger partial charge on any atom is 0.354 e. The van der Waals surface area contributed by atoms with Crippen molar-refractivity contribution in [3.63, 3.8) is 0 Å². The van der Waals surface area contributed by atoms with Crippen molar-refractivity contribution >= 4 is 16.0 Å². The quantitative estimate of drug-likeness (QED) is 0.769. The molecule has 0 saturated heterocycles. The molecule has 0 unspecified atom stereocenters. The van der Waals surface area contributed by atoms with Gasteiger partial charge in [-0.2, -0.15) is 0 Å². The summed E-state index contributed by atoms with van der Waals surface area (Å²) in [6, 6.07) is 1.09. The lowest BCUT2D eigenvalue weighted by Gasteiger charge is -2.10. The van der Waals surface area contributed by atoms with Crippen molar-refractivity contribution in [1.82, 2.24) is 9.71 Å². The van der Waals surface area contributed by atoms with Gasteiger partial charge in [0.25, 0.3) is 0 Å². The minimum absolute atomic E-state index is 0.0261. The molecule has 0 radical (unpaired) electrons. The van der Waals surface area contributed by atoms with Crippen LogP contribution in [0.15, 0.2) is 17.2 Å². The van der Waals surface area contributed by atoms with E-state index in [2.05, 4.69) is 14.4 Å². The number of carbonyl (C=O) groups is 1. The molecular weight excluding hydrogens is 244 g/mol. The first-order valence-electron chi connectivity index (χ1n) is 5.19. The van der Waals surface area contributed by atoms with Crippen molar-refractivity contribution in [3.8, 4) is 0 Å². The van der Waals surface area contributed by atoms with Gasteiger partial charge in [0, 0.05) is 12.2 Å². The molecule has 1 atom stereocenters. The Kier molecular flexibility index (Phi) is 4.30. The number of nitrogens with one attached hydrogen (secondary N) is 2. The second kappa shape index (κ2) is 5.33. The van der Waals surface area contributed by atoms with Crippen LogP contribution in [0.5, 0.6) is 0 Å². The summed E-state index contributed by atoms with van der Waals surface area (Å²) < 4.78 is 30.7. The predicted octanol–water partition coefficient (Wildman–Crippen LogP) is 0.878. The fourth-order valence-electron chi connectivity index (χ4n) is 1.17. The van der Waals surface area contributed by atoms with Gasteiger partial charge in [0.2, 0.25) is 10.0 Å². The number of ether oxygens (including phenoxy) is 1. The molecule has 17 heavy (non-hydrogen) atoms. The second-order valence-corrected chi connectivity index (χ2v) is 5.39. The predicted molar refractivity (Wildman–Crippen MR) is 62.2 cm³/mol. The molecule has 96 valence electrons. The molecule has 1 rings (SSSR count). The van der Waals surface area contributed by atoms with Crippen LogP contribution in [0, 0.1) is 0 Å². The molecule has 1 aromatic heterocycles. The molecule has 6 nitrogen and oxygen atoms in total. The number of carbonyl (C=O) groups excluding carboxylic acids is 1. The average Bonchev–Trinajstić information content (AvgIpc) is 2.77. The molecule has 0 aliphatic heterocycles. The number of hydrogen-bond donors (Lipinski definition) is 2. The highest BCUT2D eigenvalue weighted by Crippen LogP contribution is 2.12. The fourth-order valence-corrected chi connectivity index (χ4v) is 2.49. The fraction of sp³-hybridized carbons (Fsp3) is 0.500. The highest BCUT2D eigenvalue weighted by atomic mass is 32.2. The Balaban J connectivity index is 2.93. The van der Waals surface area contributed by atoms with Crippen LogP contribution in [-0.2, 0) is 14.8 Å². The first kappa shape index (κ1) is 13.7. The third-order valence-electron chi connectivity index (χ3n) is 2.34. The van der Waals surface area contributed by atoms with Crippen molar-refractivity contribution in [2.75, 3.05) is 7.11 Å². The summed E-state index contributed by atoms with van der Waals surface area (Å²) in [6.07, 6.45) is 1.95. The SMILES string of the molecule is CC[C@H](C)NS(=O)(=O)c1c[nH]c(C(=O)OC)c1. The van der Waals surface area contributed by atoms with Gasteiger partial charge >= 0.3 is 5.97 Å². The largest absolute Gasteiger partial charge is 0.464 e. The Bertz CT molecular complexity index is 492. The van der Waals surface area contributed by atoms with Crippen LogP contribution in [-0.4, -0.2) is 32.5 Å². The smallest absolute Gasteiger partial charge is 0.354 e. The third kappa shape index (κ3) is 3.31. The second-order valence-electron chi connectivity index (χ2n) is 3.67. The number of rotatable bonds is 5. The Hall–Kier alpha value is -1.34. The van der Waals surface area contributed by atoms with Crippen molar-refractivity contribution < 1.29 is 17.9 Å². The van der Waals surface area contributed by atoms with E-state index < -0.39 is 16.0 Å². The molecule has 0 aromatic carbocycles. The summed E-state index contributed by atoms with van der Waals surface area (Å²) in [7, 11) is -2.35. The maximum absolute atomic E-state index is 11.8. The van der Waals surface area contributed by atoms with E-state index in [-0.39, 0.29) is 16.6 Å². The van der Waals surface area contributed by atoms with Crippen LogP contribution in [0.1, 0.15) is 30.8 Å². The molecule has 0 bridgehead atoms. The normalized spacial score (nSPS) is 13.4. The van der Waals surface area contributed by atoms with Crippen LogP contribution in [0.25, 0.3) is 0 Å².